The molecule has 3 rings (SSSR count). The van der Waals surface area contributed by atoms with E-state index in [2.05, 4.69) is 41.2 Å². The molecule has 0 fully saturated rings. The first-order valence-corrected chi connectivity index (χ1v) is 6.59. The third kappa shape index (κ3) is 1.72. The molecule has 4 heteroatoms. The van der Waals surface area contributed by atoms with Gasteiger partial charge >= 0.3 is 0 Å². The second kappa shape index (κ2) is 4.19. The van der Waals surface area contributed by atoms with Gasteiger partial charge in [0.1, 0.15) is 0 Å². The van der Waals surface area contributed by atoms with Crippen LogP contribution in [-0.2, 0) is 13.5 Å². The van der Waals surface area contributed by atoms with Crippen molar-refractivity contribution < 1.29 is 0 Å². The molecule has 1 aliphatic rings. The number of aromatic nitrogens is 3. The molecule has 4 nitrogen and oxygen atoms in total. The van der Waals surface area contributed by atoms with Crippen LogP contribution < -0.4 is 5.43 Å². The summed E-state index contributed by atoms with van der Waals surface area (Å²) in [5.41, 5.74) is 8.87. The van der Waals surface area contributed by atoms with Crippen LogP contribution in [0, 0.1) is 13.8 Å². The van der Waals surface area contributed by atoms with Gasteiger partial charge in [0, 0.05) is 29.7 Å². The number of rotatable bonds is 2. The summed E-state index contributed by atoms with van der Waals surface area (Å²) in [5.74, 6) is 0. The molecule has 1 unspecified atom stereocenters. The Morgan fingerprint density at radius 3 is 2.72 bits per heavy atom. The van der Waals surface area contributed by atoms with Gasteiger partial charge in [-0.3, -0.25) is 9.36 Å². The van der Waals surface area contributed by atoms with Crippen molar-refractivity contribution in [3.05, 3.63) is 41.0 Å². The van der Waals surface area contributed by atoms with Gasteiger partial charge in [-0.15, -0.1) is 0 Å². The predicted molar refractivity (Wildman–Crippen MR) is 72.2 cm³/mol. The summed E-state index contributed by atoms with van der Waals surface area (Å²) in [6.07, 6.45) is 5.56. The maximum Gasteiger partial charge on any atom is 0.0707 e. The third-order valence-electron chi connectivity index (χ3n) is 3.93. The van der Waals surface area contributed by atoms with Crippen molar-refractivity contribution in [1.82, 2.24) is 14.5 Å². The SMILES string of the molecule is Cc1ccc(C)n1NC1CCCc2c1cnn2C. The van der Waals surface area contributed by atoms with Gasteiger partial charge in [-0.25, -0.2) is 0 Å². The minimum absolute atomic E-state index is 0.382. The van der Waals surface area contributed by atoms with Crippen molar-refractivity contribution in [2.24, 2.45) is 7.05 Å². The Hall–Kier alpha value is -1.71. The normalized spacial score (nSPS) is 18.7. The lowest BCUT2D eigenvalue weighted by Crippen LogP contribution is -2.26. The summed E-state index contributed by atoms with van der Waals surface area (Å²) < 4.78 is 4.20. The molecule has 0 saturated heterocycles. The van der Waals surface area contributed by atoms with E-state index in [-0.39, 0.29) is 0 Å². The predicted octanol–water partition coefficient (Wildman–Crippen LogP) is 2.46. The smallest absolute Gasteiger partial charge is 0.0707 e. The van der Waals surface area contributed by atoms with Crippen LogP contribution in [0.15, 0.2) is 18.3 Å². The van der Waals surface area contributed by atoms with Crippen LogP contribution in [0.25, 0.3) is 0 Å². The fourth-order valence-corrected chi connectivity index (χ4v) is 2.87. The average molecular weight is 244 g/mol. The van der Waals surface area contributed by atoms with E-state index < -0.39 is 0 Å². The van der Waals surface area contributed by atoms with Crippen LogP contribution >= 0.6 is 0 Å². The molecule has 2 aromatic rings. The van der Waals surface area contributed by atoms with Crippen LogP contribution in [0.2, 0.25) is 0 Å². The van der Waals surface area contributed by atoms with Crippen molar-refractivity contribution in [3.8, 4) is 0 Å². The zero-order chi connectivity index (χ0) is 12.7. The Morgan fingerprint density at radius 1 is 1.28 bits per heavy atom. The van der Waals surface area contributed by atoms with Gasteiger partial charge in [-0.2, -0.15) is 5.10 Å². The second-order valence-electron chi connectivity index (χ2n) is 5.20. The van der Waals surface area contributed by atoms with Gasteiger partial charge < -0.3 is 5.43 Å². The fourth-order valence-electron chi connectivity index (χ4n) is 2.87. The van der Waals surface area contributed by atoms with E-state index in [1.807, 2.05) is 17.9 Å². The summed E-state index contributed by atoms with van der Waals surface area (Å²) in [4.78, 5) is 0. The highest BCUT2D eigenvalue weighted by atomic mass is 15.4. The zero-order valence-electron chi connectivity index (χ0n) is 11.3. The third-order valence-corrected chi connectivity index (χ3v) is 3.93. The molecular formula is C14H20N4. The van der Waals surface area contributed by atoms with Crippen molar-refractivity contribution in [3.63, 3.8) is 0 Å². The first-order valence-electron chi connectivity index (χ1n) is 6.59. The van der Waals surface area contributed by atoms with Crippen LogP contribution in [-0.4, -0.2) is 14.5 Å². The molecule has 2 heterocycles. The first-order chi connectivity index (χ1) is 8.66. The highest BCUT2D eigenvalue weighted by molar-refractivity contribution is 5.28. The standard InChI is InChI=1S/C14H20N4/c1-10-7-8-11(2)18(10)16-13-5-4-6-14-12(13)9-15-17(14)3/h7-9,13,16H,4-6H2,1-3H3. The molecule has 2 aromatic heterocycles. The Morgan fingerprint density at radius 2 is 2.00 bits per heavy atom. The van der Waals surface area contributed by atoms with Crippen molar-refractivity contribution in [2.75, 3.05) is 5.43 Å². The number of fused-ring (bicyclic) bond motifs is 1. The van der Waals surface area contributed by atoms with E-state index in [1.165, 1.54) is 35.5 Å². The summed E-state index contributed by atoms with van der Waals surface area (Å²) in [5, 5.41) is 4.39. The van der Waals surface area contributed by atoms with Crippen LogP contribution in [0.4, 0.5) is 0 Å². The number of nitrogens with zero attached hydrogens (tertiary/aromatic N) is 3. The van der Waals surface area contributed by atoms with Crippen LogP contribution in [0.5, 0.6) is 0 Å². The Balaban J connectivity index is 1.91. The average Bonchev–Trinajstić information content (AvgIpc) is 2.88. The fraction of sp³-hybridized carbons (Fsp3) is 0.500. The number of hydrogen-bond donors (Lipinski definition) is 1. The summed E-state index contributed by atoms with van der Waals surface area (Å²) >= 11 is 0. The molecule has 0 aromatic carbocycles. The molecule has 18 heavy (non-hydrogen) atoms. The minimum atomic E-state index is 0.382. The summed E-state index contributed by atoms with van der Waals surface area (Å²) in [7, 11) is 2.04. The summed E-state index contributed by atoms with van der Waals surface area (Å²) in [6, 6.07) is 4.68. The molecule has 1 atom stereocenters. The Labute approximate surface area is 108 Å². The topological polar surface area (TPSA) is 34.8 Å². The molecular weight excluding hydrogens is 224 g/mol. The van der Waals surface area contributed by atoms with E-state index in [1.54, 1.807) is 0 Å². The maximum atomic E-state index is 4.39. The molecule has 1 N–H and O–H groups in total. The molecule has 0 saturated carbocycles. The molecule has 1 aliphatic carbocycles. The molecule has 0 amide bonds. The molecule has 0 bridgehead atoms. The second-order valence-corrected chi connectivity index (χ2v) is 5.20. The van der Waals surface area contributed by atoms with Gasteiger partial charge in [0.15, 0.2) is 0 Å². The number of hydrogen-bond acceptors (Lipinski definition) is 2. The Kier molecular flexibility index (Phi) is 2.65. The van der Waals surface area contributed by atoms with Gasteiger partial charge in [0.2, 0.25) is 0 Å². The summed E-state index contributed by atoms with van der Waals surface area (Å²) in [6.45, 7) is 4.26. The highest BCUT2D eigenvalue weighted by Crippen LogP contribution is 2.30. The molecule has 0 aliphatic heterocycles. The highest BCUT2D eigenvalue weighted by Gasteiger charge is 2.23. The van der Waals surface area contributed by atoms with Crippen molar-refractivity contribution >= 4 is 0 Å². The molecule has 96 valence electrons. The van der Waals surface area contributed by atoms with E-state index in [9.17, 15) is 0 Å². The molecule has 0 spiro atoms. The van der Waals surface area contributed by atoms with E-state index in [0.29, 0.717) is 6.04 Å². The van der Waals surface area contributed by atoms with Gasteiger partial charge in [-0.1, -0.05) is 0 Å². The van der Waals surface area contributed by atoms with Gasteiger partial charge in [0.05, 0.1) is 12.2 Å². The van der Waals surface area contributed by atoms with E-state index in [4.69, 9.17) is 0 Å². The number of aryl methyl sites for hydroxylation is 3. The Bertz CT molecular complexity index is 545. The lowest BCUT2D eigenvalue weighted by atomic mass is 9.93. The van der Waals surface area contributed by atoms with Crippen LogP contribution in [0.3, 0.4) is 0 Å². The lowest BCUT2D eigenvalue weighted by Gasteiger charge is -2.26. The quantitative estimate of drug-likeness (QED) is 0.880. The first kappa shape index (κ1) is 11.4. The monoisotopic (exact) mass is 244 g/mol. The zero-order valence-corrected chi connectivity index (χ0v) is 11.3. The van der Waals surface area contributed by atoms with Gasteiger partial charge in [0.25, 0.3) is 0 Å². The van der Waals surface area contributed by atoms with Crippen LogP contribution in [0.1, 0.15) is 41.5 Å². The van der Waals surface area contributed by atoms with Crippen molar-refractivity contribution in [2.45, 2.75) is 39.2 Å². The molecule has 0 radical (unpaired) electrons. The largest absolute Gasteiger partial charge is 0.318 e. The van der Waals surface area contributed by atoms with E-state index >= 15 is 0 Å². The van der Waals surface area contributed by atoms with Crippen molar-refractivity contribution in [1.29, 1.82) is 0 Å². The maximum absolute atomic E-state index is 4.39. The van der Waals surface area contributed by atoms with E-state index in [0.717, 1.165) is 6.42 Å². The van der Waals surface area contributed by atoms with Gasteiger partial charge in [-0.05, 0) is 45.2 Å². The number of nitrogens with one attached hydrogen (secondary N) is 1. The lowest BCUT2D eigenvalue weighted by molar-refractivity contribution is 0.532. The minimum Gasteiger partial charge on any atom is -0.318 e.